The van der Waals surface area contributed by atoms with Gasteiger partial charge < -0.3 is 5.32 Å². The largest absolute Gasteiger partial charge is 0.314 e. The van der Waals surface area contributed by atoms with Gasteiger partial charge in [-0.1, -0.05) is 71.6 Å². The number of unbranched alkanes of at least 4 members (excludes halogenated alkanes) is 4. The molecule has 0 saturated heterocycles. The molecule has 1 saturated carbocycles. The van der Waals surface area contributed by atoms with Gasteiger partial charge in [-0.25, -0.2) is 0 Å². The molecular formula is C17H35N. The molecule has 1 heteroatoms. The van der Waals surface area contributed by atoms with E-state index in [1.807, 2.05) is 0 Å². The third kappa shape index (κ3) is 7.41. The summed E-state index contributed by atoms with van der Waals surface area (Å²) in [5.74, 6) is 1.06. The summed E-state index contributed by atoms with van der Waals surface area (Å²) in [6.45, 7) is 5.87. The topological polar surface area (TPSA) is 12.0 Å². The second kappa shape index (κ2) is 10.8. The summed E-state index contributed by atoms with van der Waals surface area (Å²) in [4.78, 5) is 0. The van der Waals surface area contributed by atoms with Gasteiger partial charge in [-0.2, -0.15) is 0 Å². The lowest BCUT2D eigenvalue weighted by Gasteiger charge is -2.27. The third-order valence-corrected chi connectivity index (χ3v) is 4.52. The molecule has 0 bridgehead atoms. The van der Waals surface area contributed by atoms with E-state index in [9.17, 15) is 0 Å². The Kier molecular flexibility index (Phi) is 9.65. The number of hydrogen-bond acceptors (Lipinski definition) is 1. The van der Waals surface area contributed by atoms with Crippen LogP contribution < -0.4 is 5.32 Å². The molecule has 0 atom stereocenters. The van der Waals surface area contributed by atoms with Crippen LogP contribution in [0.15, 0.2) is 0 Å². The minimum Gasteiger partial charge on any atom is -0.314 e. The van der Waals surface area contributed by atoms with Gasteiger partial charge in [0.05, 0.1) is 0 Å². The van der Waals surface area contributed by atoms with Crippen molar-refractivity contribution in [2.75, 3.05) is 6.54 Å². The molecule has 1 rings (SSSR count). The van der Waals surface area contributed by atoms with Crippen molar-refractivity contribution in [2.24, 2.45) is 5.92 Å². The summed E-state index contributed by atoms with van der Waals surface area (Å²) in [7, 11) is 0. The Hall–Kier alpha value is -0.0400. The average molecular weight is 253 g/mol. The van der Waals surface area contributed by atoms with Crippen molar-refractivity contribution in [2.45, 2.75) is 96.9 Å². The van der Waals surface area contributed by atoms with Crippen molar-refractivity contribution in [3.05, 3.63) is 0 Å². The van der Waals surface area contributed by atoms with Gasteiger partial charge >= 0.3 is 0 Å². The van der Waals surface area contributed by atoms with Gasteiger partial charge in [0.25, 0.3) is 0 Å². The summed E-state index contributed by atoms with van der Waals surface area (Å²) >= 11 is 0. The first-order valence-corrected chi connectivity index (χ1v) is 8.60. The molecule has 0 aromatic carbocycles. The molecule has 18 heavy (non-hydrogen) atoms. The molecule has 0 amide bonds. The Balaban J connectivity index is 2.06. The molecule has 1 nitrogen and oxygen atoms in total. The fourth-order valence-electron chi connectivity index (χ4n) is 2.90. The zero-order chi connectivity index (χ0) is 13.1. The van der Waals surface area contributed by atoms with Gasteiger partial charge in [0.15, 0.2) is 0 Å². The number of hydrogen-bond donors (Lipinski definition) is 1. The summed E-state index contributed by atoms with van der Waals surface area (Å²) in [5.41, 5.74) is 0. The smallest absolute Gasteiger partial charge is 0.00670 e. The maximum Gasteiger partial charge on any atom is 0.00670 e. The number of nitrogens with one attached hydrogen (secondary N) is 1. The first kappa shape index (κ1) is 16.0. The Bertz CT molecular complexity index is 164. The highest BCUT2D eigenvalue weighted by Gasteiger charge is 2.17. The maximum atomic E-state index is 3.84. The Labute approximate surface area is 115 Å². The highest BCUT2D eigenvalue weighted by Crippen LogP contribution is 2.28. The van der Waals surface area contributed by atoms with Crippen LogP contribution in [0.25, 0.3) is 0 Å². The van der Waals surface area contributed by atoms with Crippen molar-refractivity contribution >= 4 is 0 Å². The fourth-order valence-corrected chi connectivity index (χ4v) is 2.90. The molecule has 0 heterocycles. The summed E-state index contributed by atoms with van der Waals surface area (Å²) in [5, 5.41) is 3.84. The van der Waals surface area contributed by atoms with Crippen molar-refractivity contribution in [3.8, 4) is 0 Å². The van der Waals surface area contributed by atoms with Crippen LogP contribution in [0.4, 0.5) is 0 Å². The molecular weight excluding hydrogens is 218 g/mol. The molecule has 1 fully saturated rings. The lowest BCUT2D eigenvalue weighted by atomic mass is 9.83. The van der Waals surface area contributed by atoms with Gasteiger partial charge in [0.1, 0.15) is 0 Å². The molecule has 0 aromatic rings. The van der Waals surface area contributed by atoms with E-state index in [1.54, 1.807) is 0 Å². The van der Waals surface area contributed by atoms with Gasteiger partial charge in [-0.15, -0.1) is 0 Å². The van der Waals surface area contributed by atoms with Crippen LogP contribution in [0, 0.1) is 5.92 Å². The molecule has 0 radical (unpaired) electrons. The third-order valence-electron chi connectivity index (χ3n) is 4.52. The highest BCUT2D eigenvalue weighted by molar-refractivity contribution is 4.73. The molecule has 1 N–H and O–H groups in total. The van der Waals surface area contributed by atoms with Crippen LogP contribution in [0.1, 0.15) is 90.9 Å². The lowest BCUT2D eigenvalue weighted by molar-refractivity contribution is 0.283. The van der Waals surface area contributed by atoms with Crippen molar-refractivity contribution in [1.29, 1.82) is 0 Å². The van der Waals surface area contributed by atoms with Gasteiger partial charge in [-0.05, 0) is 31.7 Å². The Morgan fingerprint density at radius 2 is 1.56 bits per heavy atom. The zero-order valence-electron chi connectivity index (χ0n) is 12.8. The van der Waals surface area contributed by atoms with Crippen LogP contribution in [-0.2, 0) is 0 Å². The predicted octanol–water partition coefficient (Wildman–Crippen LogP) is 5.30. The van der Waals surface area contributed by atoms with Gasteiger partial charge in [0.2, 0.25) is 0 Å². The average Bonchev–Trinajstić information content (AvgIpc) is 2.32. The quantitative estimate of drug-likeness (QED) is 0.466. The standard InChI is InChI=1S/C17H35N/c1-3-5-7-12-17(13-8-6-4-2)18-15-14-16-10-9-11-16/h16-18H,3-15H2,1-2H3. The van der Waals surface area contributed by atoms with Crippen LogP contribution in [0.2, 0.25) is 0 Å². The van der Waals surface area contributed by atoms with E-state index in [2.05, 4.69) is 19.2 Å². The van der Waals surface area contributed by atoms with E-state index in [0.29, 0.717) is 0 Å². The van der Waals surface area contributed by atoms with E-state index < -0.39 is 0 Å². The maximum absolute atomic E-state index is 3.84. The first-order chi connectivity index (χ1) is 8.86. The van der Waals surface area contributed by atoms with Gasteiger partial charge in [0, 0.05) is 6.04 Å². The van der Waals surface area contributed by atoms with E-state index in [1.165, 1.54) is 83.6 Å². The van der Waals surface area contributed by atoms with Crippen LogP contribution in [-0.4, -0.2) is 12.6 Å². The SMILES string of the molecule is CCCCCC(CCCCC)NCCC1CCC1. The van der Waals surface area contributed by atoms with Gasteiger partial charge in [-0.3, -0.25) is 0 Å². The van der Waals surface area contributed by atoms with E-state index in [-0.39, 0.29) is 0 Å². The molecule has 1 aliphatic carbocycles. The number of rotatable bonds is 12. The minimum atomic E-state index is 0.808. The van der Waals surface area contributed by atoms with Crippen LogP contribution >= 0.6 is 0 Å². The van der Waals surface area contributed by atoms with Crippen molar-refractivity contribution < 1.29 is 0 Å². The molecule has 0 aliphatic heterocycles. The summed E-state index contributed by atoms with van der Waals surface area (Å²) in [6, 6.07) is 0.808. The Morgan fingerprint density at radius 3 is 2.00 bits per heavy atom. The van der Waals surface area contributed by atoms with Crippen molar-refractivity contribution in [3.63, 3.8) is 0 Å². The predicted molar refractivity (Wildman–Crippen MR) is 82.0 cm³/mol. The molecule has 108 valence electrons. The summed E-state index contributed by atoms with van der Waals surface area (Å²) < 4.78 is 0. The van der Waals surface area contributed by atoms with E-state index in [4.69, 9.17) is 0 Å². The normalized spacial score (nSPS) is 16.2. The fraction of sp³-hybridized carbons (Fsp3) is 1.00. The van der Waals surface area contributed by atoms with Crippen LogP contribution in [0.5, 0.6) is 0 Å². The monoisotopic (exact) mass is 253 g/mol. The van der Waals surface area contributed by atoms with Crippen molar-refractivity contribution in [1.82, 2.24) is 5.32 Å². The minimum absolute atomic E-state index is 0.808. The molecule has 0 spiro atoms. The van der Waals surface area contributed by atoms with E-state index >= 15 is 0 Å². The Morgan fingerprint density at radius 1 is 0.944 bits per heavy atom. The van der Waals surface area contributed by atoms with Crippen LogP contribution in [0.3, 0.4) is 0 Å². The van der Waals surface area contributed by atoms with E-state index in [0.717, 1.165) is 12.0 Å². The lowest BCUT2D eigenvalue weighted by Crippen LogP contribution is -2.31. The second-order valence-electron chi connectivity index (χ2n) is 6.23. The molecule has 1 aliphatic rings. The molecule has 0 unspecified atom stereocenters. The highest BCUT2D eigenvalue weighted by atomic mass is 14.9. The zero-order valence-corrected chi connectivity index (χ0v) is 12.8. The molecule has 0 aromatic heterocycles. The first-order valence-electron chi connectivity index (χ1n) is 8.60. The second-order valence-corrected chi connectivity index (χ2v) is 6.23. The summed E-state index contributed by atoms with van der Waals surface area (Å²) in [6.07, 6.45) is 17.1.